The summed E-state index contributed by atoms with van der Waals surface area (Å²) >= 11 is 0. The zero-order chi connectivity index (χ0) is 22.2. The number of para-hydroxylation sites is 1. The fourth-order valence-electron chi connectivity index (χ4n) is 4.25. The molecule has 162 valence electrons. The summed E-state index contributed by atoms with van der Waals surface area (Å²) in [6.45, 7) is 4.15. The summed E-state index contributed by atoms with van der Waals surface area (Å²) in [5, 5.41) is 11.6. The second kappa shape index (κ2) is 7.96. The molecule has 0 amide bonds. The van der Waals surface area contributed by atoms with Crippen molar-refractivity contribution in [2.75, 3.05) is 0 Å². The largest absolute Gasteiger partial charge is 0.385 e. The van der Waals surface area contributed by atoms with Gasteiger partial charge >= 0.3 is 0 Å². The number of nitrogens with two attached hydrogens (primary N) is 1. The van der Waals surface area contributed by atoms with Crippen LogP contribution >= 0.6 is 0 Å². The zero-order valence-electron chi connectivity index (χ0n) is 17.9. The fraction of sp³-hybridized carbons (Fsp3) is 0.208. The highest BCUT2D eigenvalue weighted by Crippen LogP contribution is 2.42. The molecule has 0 fully saturated rings. The van der Waals surface area contributed by atoms with Gasteiger partial charge in [-0.2, -0.15) is 0 Å². The number of aliphatic imine (C=N–C) groups is 1. The molecule has 3 aromatic rings. The van der Waals surface area contributed by atoms with E-state index in [1.807, 2.05) is 0 Å². The number of aryl methyl sites for hydroxylation is 1. The molecular formula is C24H24FN7. The lowest BCUT2D eigenvalue weighted by Crippen LogP contribution is -2.37. The van der Waals surface area contributed by atoms with Crippen molar-refractivity contribution in [2.24, 2.45) is 10.7 Å². The van der Waals surface area contributed by atoms with Crippen molar-refractivity contribution in [3.63, 3.8) is 0 Å². The van der Waals surface area contributed by atoms with Gasteiger partial charge in [0, 0.05) is 17.3 Å². The minimum Gasteiger partial charge on any atom is -0.385 e. The third kappa shape index (κ3) is 3.33. The van der Waals surface area contributed by atoms with Gasteiger partial charge in [-0.15, -0.1) is 5.10 Å². The molecule has 0 aliphatic carbocycles. The molecule has 0 saturated heterocycles. The van der Waals surface area contributed by atoms with E-state index in [4.69, 9.17) is 5.73 Å². The highest BCUT2D eigenvalue weighted by Gasteiger charge is 2.38. The number of hydrogen-bond donors (Lipinski definition) is 2. The predicted octanol–water partition coefficient (Wildman–Crippen LogP) is 3.65. The van der Waals surface area contributed by atoms with Gasteiger partial charge in [0.05, 0.1) is 18.6 Å². The molecule has 5 rings (SSSR count). The Labute approximate surface area is 185 Å². The topological polar surface area (TPSA) is 84.4 Å². The highest BCUT2D eigenvalue weighted by atomic mass is 19.1. The number of aromatic nitrogens is 3. The van der Waals surface area contributed by atoms with Crippen molar-refractivity contribution < 1.29 is 4.39 Å². The van der Waals surface area contributed by atoms with E-state index < -0.39 is 0 Å². The van der Waals surface area contributed by atoms with Crippen molar-refractivity contribution in [3.8, 4) is 5.69 Å². The number of rotatable bonds is 5. The van der Waals surface area contributed by atoms with Gasteiger partial charge in [-0.25, -0.2) is 14.1 Å². The maximum atomic E-state index is 14.2. The lowest BCUT2D eigenvalue weighted by atomic mass is 9.97. The molecule has 7 nitrogen and oxygen atoms in total. The summed E-state index contributed by atoms with van der Waals surface area (Å²) in [4.78, 5) is 6.83. The Hall–Kier alpha value is -3.94. The van der Waals surface area contributed by atoms with Gasteiger partial charge in [0.1, 0.15) is 23.0 Å². The van der Waals surface area contributed by atoms with Gasteiger partial charge in [0.15, 0.2) is 6.17 Å². The van der Waals surface area contributed by atoms with Crippen LogP contribution in [0.2, 0.25) is 0 Å². The molecule has 8 heteroatoms. The first kappa shape index (κ1) is 20.0. The van der Waals surface area contributed by atoms with E-state index >= 15 is 0 Å². The van der Waals surface area contributed by atoms with E-state index in [1.54, 1.807) is 30.7 Å². The van der Waals surface area contributed by atoms with E-state index in [-0.39, 0.29) is 18.0 Å². The molecule has 2 unspecified atom stereocenters. The van der Waals surface area contributed by atoms with E-state index in [1.165, 1.54) is 16.3 Å². The number of halogens is 1. The van der Waals surface area contributed by atoms with Gasteiger partial charge in [0.25, 0.3) is 0 Å². The predicted molar refractivity (Wildman–Crippen MR) is 122 cm³/mol. The Bertz CT molecular complexity index is 1240. The fourth-order valence-corrected chi connectivity index (χ4v) is 4.25. The average molecular weight is 430 g/mol. The van der Waals surface area contributed by atoms with Crippen molar-refractivity contribution >= 4 is 11.9 Å². The van der Waals surface area contributed by atoms with Gasteiger partial charge in [-0.1, -0.05) is 54.1 Å². The Kier molecular flexibility index (Phi) is 4.97. The van der Waals surface area contributed by atoms with Crippen LogP contribution in [0.3, 0.4) is 0 Å². The molecule has 2 aliphatic rings. The van der Waals surface area contributed by atoms with Crippen molar-refractivity contribution in [1.29, 1.82) is 0 Å². The first-order valence-corrected chi connectivity index (χ1v) is 10.6. The van der Waals surface area contributed by atoms with E-state index in [2.05, 4.69) is 69.8 Å². The van der Waals surface area contributed by atoms with Gasteiger partial charge in [-0.3, -0.25) is 0 Å². The molecule has 0 bridgehead atoms. The molecule has 1 aromatic heterocycles. The summed E-state index contributed by atoms with van der Waals surface area (Å²) in [6, 6.07) is 14.8. The second-order valence-corrected chi connectivity index (χ2v) is 7.94. The maximum absolute atomic E-state index is 14.2. The molecule has 0 spiro atoms. The number of fused-ring (bicyclic) bond motifs is 1. The minimum atomic E-state index is -0.347. The maximum Gasteiger partial charge on any atom is 0.153 e. The molecule has 0 saturated carbocycles. The first-order valence-electron chi connectivity index (χ1n) is 10.6. The molecular weight excluding hydrogens is 405 g/mol. The highest BCUT2D eigenvalue weighted by molar-refractivity contribution is 5.85. The van der Waals surface area contributed by atoms with Gasteiger partial charge in [-0.05, 0) is 31.0 Å². The lowest BCUT2D eigenvalue weighted by Gasteiger charge is -2.31. The second-order valence-electron chi connectivity index (χ2n) is 7.94. The van der Waals surface area contributed by atoms with Crippen LogP contribution in [0.25, 0.3) is 11.3 Å². The normalized spacial score (nSPS) is 18.4. The van der Waals surface area contributed by atoms with Crippen LogP contribution in [0.4, 0.5) is 4.39 Å². The van der Waals surface area contributed by atoms with Crippen LogP contribution in [0.1, 0.15) is 36.2 Å². The molecule has 0 radical (unpaired) electrons. The minimum absolute atomic E-state index is 0.110. The van der Waals surface area contributed by atoms with Crippen LogP contribution in [0.5, 0.6) is 0 Å². The number of nitrogens with zero attached hydrogens (tertiary/aromatic N) is 5. The molecule has 32 heavy (non-hydrogen) atoms. The van der Waals surface area contributed by atoms with Crippen LogP contribution in [0, 0.1) is 12.7 Å². The number of hydrogen-bond acceptors (Lipinski definition) is 6. The van der Waals surface area contributed by atoms with Crippen molar-refractivity contribution in [2.45, 2.75) is 32.5 Å². The van der Waals surface area contributed by atoms with Crippen LogP contribution in [-0.2, 0) is 0 Å². The monoisotopic (exact) mass is 429 g/mol. The van der Waals surface area contributed by atoms with Crippen LogP contribution < -0.4 is 11.1 Å². The summed E-state index contributed by atoms with van der Waals surface area (Å²) in [5.74, 6) is 0.241. The third-order valence-electron chi connectivity index (χ3n) is 5.90. The molecule has 2 atom stereocenters. The van der Waals surface area contributed by atoms with Crippen LogP contribution in [0.15, 0.2) is 77.3 Å². The summed E-state index contributed by atoms with van der Waals surface area (Å²) in [5.41, 5.74) is 11.7. The SMILES string of the molecule is CCC(c1cn(-c2ccccc2F)nn1)N1C=C(c2ccc(C)cc2)C2=C(N)NC=NC21. The van der Waals surface area contributed by atoms with Crippen molar-refractivity contribution in [3.05, 3.63) is 95.0 Å². The Morgan fingerprint density at radius 2 is 1.94 bits per heavy atom. The van der Waals surface area contributed by atoms with Crippen LogP contribution in [-0.4, -0.2) is 32.4 Å². The van der Waals surface area contributed by atoms with Gasteiger partial charge in [0.2, 0.25) is 0 Å². The lowest BCUT2D eigenvalue weighted by molar-refractivity contribution is 0.236. The molecule has 2 aliphatic heterocycles. The summed E-state index contributed by atoms with van der Waals surface area (Å²) in [6.07, 6.45) is 6.00. The number of benzene rings is 2. The molecule has 3 heterocycles. The Balaban J connectivity index is 1.55. The third-order valence-corrected chi connectivity index (χ3v) is 5.90. The Morgan fingerprint density at radius 3 is 2.69 bits per heavy atom. The van der Waals surface area contributed by atoms with Gasteiger partial charge < -0.3 is 16.0 Å². The first-order chi connectivity index (χ1) is 15.6. The van der Waals surface area contributed by atoms with E-state index in [9.17, 15) is 4.39 Å². The summed E-state index contributed by atoms with van der Waals surface area (Å²) in [7, 11) is 0. The molecule has 3 N–H and O–H groups in total. The smallest absolute Gasteiger partial charge is 0.153 e. The Morgan fingerprint density at radius 1 is 1.16 bits per heavy atom. The zero-order valence-corrected chi connectivity index (χ0v) is 17.9. The summed E-state index contributed by atoms with van der Waals surface area (Å²) < 4.78 is 15.7. The van der Waals surface area contributed by atoms with E-state index in [0.29, 0.717) is 11.5 Å². The molecule has 2 aromatic carbocycles. The standard InChI is InChI=1S/C24H24FN7/c1-3-20(19-13-32(30-29-19)21-7-5-4-6-18(21)25)31-12-17(16-10-8-15(2)9-11-16)22-23(26)27-14-28-24(22)31/h4-14,20,24H,3,26H2,1-2H3,(H,27,28). The number of nitrogens with one attached hydrogen (secondary N) is 1. The van der Waals surface area contributed by atoms with E-state index in [0.717, 1.165) is 28.8 Å². The quantitative estimate of drug-likeness (QED) is 0.647. The van der Waals surface area contributed by atoms with Crippen molar-refractivity contribution in [1.82, 2.24) is 25.2 Å². The average Bonchev–Trinajstić information content (AvgIpc) is 3.42.